The monoisotopic (exact) mass is 308 g/mol. The molecule has 0 heterocycles. The molecule has 0 aliphatic carbocycles. The SMILES string of the molecule is C/C(=C\c1ccccc1)COCOC/C(C)=C/c1ccccc1. The van der Waals surface area contributed by atoms with E-state index in [1.54, 1.807) is 0 Å². The Labute approximate surface area is 139 Å². The van der Waals surface area contributed by atoms with Gasteiger partial charge in [0.15, 0.2) is 0 Å². The van der Waals surface area contributed by atoms with Gasteiger partial charge < -0.3 is 9.47 Å². The Hall–Kier alpha value is -2.16. The summed E-state index contributed by atoms with van der Waals surface area (Å²) in [4.78, 5) is 0. The molecule has 0 aliphatic rings. The van der Waals surface area contributed by atoms with Crippen LogP contribution in [0.15, 0.2) is 71.8 Å². The van der Waals surface area contributed by atoms with Crippen molar-refractivity contribution < 1.29 is 9.47 Å². The largest absolute Gasteiger partial charge is 0.351 e. The van der Waals surface area contributed by atoms with Gasteiger partial charge in [0, 0.05) is 0 Å². The summed E-state index contributed by atoms with van der Waals surface area (Å²) in [6, 6.07) is 20.5. The van der Waals surface area contributed by atoms with Crippen LogP contribution in [0.3, 0.4) is 0 Å². The van der Waals surface area contributed by atoms with Crippen molar-refractivity contribution in [3.8, 4) is 0 Å². The van der Waals surface area contributed by atoms with E-state index in [0.29, 0.717) is 20.0 Å². The van der Waals surface area contributed by atoms with Crippen LogP contribution in [-0.2, 0) is 9.47 Å². The minimum Gasteiger partial charge on any atom is -0.351 e. The summed E-state index contributed by atoms with van der Waals surface area (Å²) in [5.74, 6) is 0. The molecule has 0 radical (unpaired) electrons. The van der Waals surface area contributed by atoms with E-state index in [1.807, 2.05) is 36.4 Å². The smallest absolute Gasteiger partial charge is 0.147 e. The lowest BCUT2D eigenvalue weighted by atomic mass is 10.1. The average molecular weight is 308 g/mol. The molecular weight excluding hydrogens is 284 g/mol. The van der Waals surface area contributed by atoms with Crippen LogP contribution in [0.1, 0.15) is 25.0 Å². The van der Waals surface area contributed by atoms with Crippen molar-refractivity contribution in [3.63, 3.8) is 0 Å². The van der Waals surface area contributed by atoms with Crippen molar-refractivity contribution in [3.05, 3.63) is 82.9 Å². The van der Waals surface area contributed by atoms with Gasteiger partial charge in [0.2, 0.25) is 0 Å². The van der Waals surface area contributed by atoms with Gasteiger partial charge in [-0.1, -0.05) is 72.8 Å². The minimum atomic E-state index is 0.305. The van der Waals surface area contributed by atoms with Gasteiger partial charge in [-0.15, -0.1) is 0 Å². The van der Waals surface area contributed by atoms with Crippen molar-refractivity contribution >= 4 is 12.2 Å². The molecule has 2 nitrogen and oxygen atoms in total. The predicted octanol–water partition coefficient (Wildman–Crippen LogP) is 5.18. The Morgan fingerprint density at radius 2 is 1.09 bits per heavy atom. The van der Waals surface area contributed by atoms with Crippen molar-refractivity contribution in [1.82, 2.24) is 0 Å². The fraction of sp³-hybridized carbons (Fsp3) is 0.238. The van der Waals surface area contributed by atoms with Gasteiger partial charge in [-0.3, -0.25) is 0 Å². The first-order chi connectivity index (χ1) is 11.2. The van der Waals surface area contributed by atoms with Gasteiger partial charge in [0.1, 0.15) is 6.79 Å². The molecule has 0 amide bonds. The molecule has 0 aliphatic heterocycles. The maximum Gasteiger partial charge on any atom is 0.147 e. The van der Waals surface area contributed by atoms with Crippen molar-refractivity contribution in [2.75, 3.05) is 20.0 Å². The Balaban J connectivity index is 1.66. The Morgan fingerprint density at radius 3 is 1.48 bits per heavy atom. The molecule has 120 valence electrons. The summed E-state index contributed by atoms with van der Waals surface area (Å²) in [6.45, 7) is 5.59. The minimum absolute atomic E-state index is 0.305. The Kier molecular flexibility index (Phi) is 7.31. The lowest BCUT2D eigenvalue weighted by molar-refractivity contribution is -0.0371. The van der Waals surface area contributed by atoms with E-state index in [-0.39, 0.29) is 0 Å². The molecule has 0 atom stereocenters. The highest BCUT2D eigenvalue weighted by Crippen LogP contribution is 2.08. The maximum absolute atomic E-state index is 5.55. The van der Waals surface area contributed by atoms with E-state index in [4.69, 9.17) is 9.47 Å². The normalized spacial score (nSPS) is 12.4. The van der Waals surface area contributed by atoms with E-state index in [2.05, 4.69) is 50.3 Å². The van der Waals surface area contributed by atoms with Crippen molar-refractivity contribution in [1.29, 1.82) is 0 Å². The number of benzene rings is 2. The molecule has 0 saturated carbocycles. The van der Waals surface area contributed by atoms with Gasteiger partial charge in [-0.2, -0.15) is 0 Å². The molecule has 2 rings (SSSR count). The lowest BCUT2D eigenvalue weighted by Gasteiger charge is -2.07. The second-order valence-electron chi connectivity index (χ2n) is 5.62. The molecule has 23 heavy (non-hydrogen) atoms. The van der Waals surface area contributed by atoms with E-state index in [1.165, 1.54) is 22.3 Å². The third-order valence-electron chi connectivity index (χ3n) is 3.25. The zero-order valence-electron chi connectivity index (χ0n) is 13.9. The van der Waals surface area contributed by atoms with Gasteiger partial charge in [-0.05, 0) is 36.1 Å². The van der Waals surface area contributed by atoms with E-state index in [0.717, 1.165) is 0 Å². The van der Waals surface area contributed by atoms with E-state index < -0.39 is 0 Å². The third kappa shape index (κ3) is 7.09. The van der Waals surface area contributed by atoms with Crippen LogP contribution in [0.5, 0.6) is 0 Å². The first-order valence-electron chi connectivity index (χ1n) is 7.84. The predicted molar refractivity (Wildman–Crippen MR) is 97.0 cm³/mol. The average Bonchev–Trinajstić information content (AvgIpc) is 2.56. The molecule has 0 unspecified atom stereocenters. The standard InChI is InChI=1S/C21H24O2/c1-18(13-20-9-5-3-6-10-20)15-22-17-23-16-19(2)14-21-11-7-4-8-12-21/h3-14H,15-17H2,1-2H3/b18-13+,19-14+. The summed E-state index contributed by atoms with van der Waals surface area (Å²) in [5, 5.41) is 0. The second-order valence-corrected chi connectivity index (χ2v) is 5.62. The topological polar surface area (TPSA) is 18.5 Å². The molecule has 0 spiro atoms. The van der Waals surface area contributed by atoms with Crippen LogP contribution in [0.25, 0.3) is 12.2 Å². The highest BCUT2D eigenvalue weighted by molar-refractivity contribution is 5.52. The van der Waals surface area contributed by atoms with Gasteiger partial charge in [0.05, 0.1) is 13.2 Å². The molecule has 0 fully saturated rings. The molecule has 0 N–H and O–H groups in total. The van der Waals surface area contributed by atoms with Crippen LogP contribution >= 0.6 is 0 Å². The second kappa shape index (κ2) is 9.78. The summed E-state index contributed by atoms with van der Waals surface area (Å²) >= 11 is 0. The Bertz CT molecular complexity index is 570. The Morgan fingerprint density at radius 1 is 0.696 bits per heavy atom. The van der Waals surface area contributed by atoms with E-state index >= 15 is 0 Å². The third-order valence-corrected chi connectivity index (χ3v) is 3.25. The first kappa shape index (κ1) is 17.2. The number of rotatable bonds is 8. The molecule has 2 aromatic carbocycles. The lowest BCUT2D eigenvalue weighted by Crippen LogP contribution is -2.04. The highest BCUT2D eigenvalue weighted by atomic mass is 16.7. The molecular formula is C21H24O2. The zero-order valence-corrected chi connectivity index (χ0v) is 13.9. The fourth-order valence-electron chi connectivity index (χ4n) is 2.22. The molecule has 2 heteroatoms. The van der Waals surface area contributed by atoms with Gasteiger partial charge in [-0.25, -0.2) is 0 Å². The van der Waals surface area contributed by atoms with E-state index in [9.17, 15) is 0 Å². The summed E-state index contributed by atoms with van der Waals surface area (Å²) in [6.07, 6.45) is 4.25. The summed E-state index contributed by atoms with van der Waals surface area (Å²) in [7, 11) is 0. The van der Waals surface area contributed by atoms with Crippen LogP contribution in [0.2, 0.25) is 0 Å². The summed E-state index contributed by atoms with van der Waals surface area (Å²) < 4.78 is 11.1. The van der Waals surface area contributed by atoms with Crippen LogP contribution in [-0.4, -0.2) is 20.0 Å². The summed E-state index contributed by atoms with van der Waals surface area (Å²) in [5.41, 5.74) is 4.74. The van der Waals surface area contributed by atoms with Gasteiger partial charge in [0.25, 0.3) is 0 Å². The van der Waals surface area contributed by atoms with Gasteiger partial charge >= 0.3 is 0 Å². The number of hydrogen-bond acceptors (Lipinski definition) is 2. The number of ether oxygens (including phenoxy) is 2. The van der Waals surface area contributed by atoms with Crippen LogP contribution < -0.4 is 0 Å². The van der Waals surface area contributed by atoms with Crippen molar-refractivity contribution in [2.45, 2.75) is 13.8 Å². The molecule has 0 bridgehead atoms. The fourth-order valence-corrected chi connectivity index (χ4v) is 2.22. The first-order valence-corrected chi connectivity index (χ1v) is 7.84. The molecule has 2 aromatic rings. The zero-order chi connectivity index (χ0) is 16.3. The quantitative estimate of drug-likeness (QED) is 0.494. The maximum atomic E-state index is 5.55. The van der Waals surface area contributed by atoms with Crippen LogP contribution in [0.4, 0.5) is 0 Å². The molecule has 0 aromatic heterocycles. The van der Waals surface area contributed by atoms with Crippen LogP contribution in [0, 0.1) is 0 Å². The number of hydrogen-bond donors (Lipinski definition) is 0. The highest BCUT2D eigenvalue weighted by Gasteiger charge is 1.95. The van der Waals surface area contributed by atoms with Crippen molar-refractivity contribution in [2.24, 2.45) is 0 Å². The molecule has 0 saturated heterocycles.